The van der Waals surface area contributed by atoms with Crippen LogP contribution in [-0.4, -0.2) is 26.1 Å². The fourth-order valence-corrected chi connectivity index (χ4v) is 2.84. The van der Waals surface area contributed by atoms with Gasteiger partial charge in [-0.05, 0) is 37.1 Å². The van der Waals surface area contributed by atoms with E-state index < -0.39 is 0 Å². The molecular formula is C14H21NO2S. The monoisotopic (exact) mass is 267 g/mol. The van der Waals surface area contributed by atoms with Gasteiger partial charge in [0, 0.05) is 30.2 Å². The second-order valence-electron chi connectivity index (χ2n) is 4.51. The average Bonchev–Trinajstić information content (AvgIpc) is 2.45. The number of rotatable bonds is 5. The lowest BCUT2D eigenvalue weighted by atomic mass is 10.0. The second kappa shape index (κ2) is 7.02. The molecule has 4 heteroatoms. The van der Waals surface area contributed by atoms with Crippen LogP contribution in [-0.2, 0) is 11.3 Å². The van der Waals surface area contributed by atoms with Crippen molar-refractivity contribution < 1.29 is 9.47 Å². The van der Waals surface area contributed by atoms with Crippen molar-refractivity contribution in [1.82, 2.24) is 0 Å². The van der Waals surface area contributed by atoms with Crippen LogP contribution in [0.1, 0.15) is 18.4 Å². The Morgan fingerprint density at radius 3 is 2.83 bits per heavy atom. The highest BCUT2D eigenvalue weighted by Gasteiger charge is 2.15. The number of nitrogens with two attached hydrogens (primary N) is 1. The summed E-state index contributed by atoms with van der Waals surface area (Å²) in [4.78, 5) is 1.21. The predicted octanol–water partition coefficient (Wildman–Crippen LogP) is 2.67. The Balaban J connectivity index is 1.99. The minimum absolute atomic E-state index is 0.528. The zero-order valence-corrected chi connectivity index (χ0v) is 11.7. The number of hydrogen-bond acceptors (Lipinski definition) is 4. The lowest BCUT2D eigenvalue weighted by molar-refractivity contribution is 0.0496. The summed E-state index contributed by atoms with van der Waals surface area (Å²) < 4.78 is 11.3. The predicted molar refractivity (Wildman–Crippen MR) is 75.2 cm³/mol. The van der Waals surface area contributed by atoms with Gasteiger partial charge in [0.05, 0.1) is 6.61 Å². The van der Waals surface area contributed by atoms with Gasteiger partial charge in [-0.1, -0.05) is 6.07 Å². The summed E-state index contributed by atoms with van der Waals surface area (Å²) in [5, 5.41) is 0. The van der Waals surface area contributed by atoms with Crippen LogP contribution in [0.15, 0.2) is 23.1 Å². The Morgan fingerprint density at radius 2 is 2.17 bits per heavy atom. The van der Waals surface area contributed by atoms with E-state index >= 15 is 0 Å². The van der Waals surface area contributed by atoms with Crippen LogP contribution >= 0.6 is 11.8 Å². The highest BCUT2D eigenvalue weighted by Crippen LogP contribution is 2.29. The molecule has 0 bridgehead atoms. The Hall–Kier alpha value is -0.710. The summed E-state index contributed by atoms with van der Waals surface area (Å²) >= 11 is 1.72. The van der Waals surface area contributed by atoms with Gasteiger partial charge in [0.2, 0.25) is 0 Å². The summed E-state index contributed by atoms with van der Waals surface area (Å²) in [7, 11) is 0. The third-order valence-electron chi connectivity index (χ3n) is 3.33. The van der Waals surface area contributed by atoms with Gasteiger partial charge in [0.15, 0.2) is 0 Å². The summed E-state index contributed by atoms with van der Waals surface area (Å²) in [5.74, 6) is 1.55. The van der Waals surface area contributed by atoms with Crippen molar-refractivity contribution in [1.29, 1.82) is 0 Å². The minimum atomic E-state index is 0.528. The van der Waals surface area contributed by atoms with E-state index in [0.29, 0.717) is 12.5 Å². The van der Waals surface area contributed by atoms with Crippen LogP contribution in [0.2, 0.25) is 0 Å². The van der Waals surface area contributed by atoms with Crippen LogP contribution < -0.4 is 10.5 Å². The third-order valence-corrected chi connectivity index (χ3v) is 4.15. The van der Waals surface area contributed by atoms with Gasteiger partial charge in [0.25, 0.3) is 0 Å². The van der Waals surface area contributed by atoms with Crippen molar-refractivity contribution >= 4 is 11.8 Å². The fourth-order valence-electron chi connectivity index (χ4n) is 2.19. The van der Waals surface area contributed by atoms with Crippen molar-refractivity contribution in [3.63, 3.8) is 0 Å². The van der Waals surface area contributed by atoms with Crippen LogP contribution in [0.25, 0.3) is 0 Å². The Bertz CT molecular complexity index is 378. The van der Waals surface area contributed by atoms with E-state index in [1.807, 2.05) is 12.1 Å². The highest BCUT2D eigenvalue weighted by atomic mass is 32.2. The molecule has 1 fully saturated rings. The molecular weight excluding hydrogens is 246 g/mol. The second-order valence-corrected chi connectivity index (χ2v) is 5.36. The van der Waals surface area contributed by atoms with Crippen LogP contribution in [0.3, 0.4) is 0 Å². The molecule has 18 heavy (non-hydrogen) atoms. The lowest BCUT2D eigenvalue weighted by Gasteiger charge is -2.23. The zero-order valence-electron chi connectivity index (χ0n) is 10.9. The van der Waals surface area contributed by atoms with E-state index in [-0.39, 0.29) is 0 Å². The fraction of sp³-hybridized carbons (Fsp3) is 0.571. The number of benzene rings is 1. The Morgan fingerprint density at radius 1 is 1.39 bits per heavy atom. The number of ether oxygens (including phenoxy) is 2. The average molecular weight is 267 g/mol. The van der Waals surface area contributed by atoms with Crippen molar-refractivity contribution in [2.45, 2.75) is 24.3 Å². The van der Waals surface area contributed by atoms with E-state index in [9.17, 15) is 0 Å². The molecule has 2 N–H and O–H groups in total. The molecule has 0 atom stereocenters. The van der Waals surface area contributed by atoms with E-state index in [1.54, 1.807) is 11.8 Å². The maximum Gasteiger partial charge on any atom is 0.124 e. The van der Waals surface area contributed by atoms with Gasteiger partial charge < -0.3 is 15.2 Å². The largest absolute Gasteiger partial charge is 0.493 e. The maximum absolute atomic E-state index is 5.96. The quantitative estimate of drug-likeness (QED) is 0.833. The van der Waals surface area contributed by atoms with Gasteiger partial charge in [-0.3, -0.25) is 0 Å². The highest BCUT2D eigenvalue weighted by molar-refractivity contribution is 7.98. The molecule has 0 aliphatic carbocycles. The van der Waals surface area contributed by atoms with E-state index in [0.717, 1.165) is 44.0 Å². The molecule has 0 aromatic heterocycles. The SMILES string of the molecule is CSc1cccc(OCC2CCOCC2)c1CN. The lowest BCUT2D eigenvalue weighted by Crippen LogP contribution is -2.21. The van der Waals surface area contributed by atoms with Crippen LogP contribution in [0.4, 0.5) is 0 Å². The van der Waals surface area contributed by atoms with Crippen molar-refractivity contribution in [3.8, 4) is 5.75 Å². The molecule has 1 heterocycles. The van der Waals surface area contributed by atoms with E-state index in [4.69, 9.17) is 15.2 Å². The molecule has 2 rings (SSSR count). The van der Waals surface area contributed by atoms with Crippen LogP contribution in [0, 0.1) is 5.92 Å². The van der Waals surface area contributed by atoms with Gasteiger partial charge in [-0.15, -0.1) is 11.8 Å². The van der Waals surface area contributed by atoms with Gasteiger partial charge >= 0.3 is 0 Å². The first kappa shape index (κ1) is 13.7. The molecule has 0 radical (unpaired) electrons. The van der Waals surface area contributed by atoms with Crippen molar-refractivity contribution in [2.24, 2.45) is 11.7 Å². The van der Waals surface area contributed by atoms with E-state index in [2.05, 4.69) is 12.3 Å². The first-order valence-corrected chi connectivity index (χ1v) is 7.64. The molecule has 1 aromatic carbocycles. The molecule has 0 saturated carbocycles. The molecule has 3 nitrogen and oxygen atoms in total. The topological polar surface area (TPSA) is 44.5 Å². The van der Waals surface area contributed by atoms with Crippen LogP contribution in [0.5, 0.6) is 5.75 Å². The smallest absolute Gasteiger partial charge is 0.124 e. The number of thioether (sulfide) groups is 1. The van der Waals surface area contributed by atoms with Crippen molar-refractivity contribution in [3.05, 3.63) is 23.8 Å². The molecule has 0 amide bonds. The molecule has 1 aromatic rings. The molecule has 1 aliphatic heterocycles. The normalized spacial score (nSPS) is 16.8. The van der Waals surface area contributed by atoms with Gasteiger partial charge in [-0.25, -0.2) is 0 Å². The molecule has 100 valence electrons. The van der Waals surface area contributed by atoms with Gasteiger partial charge in [0.1, 0.15) is 5.75 Å². The Labute approximate surface area is 113 Å². The van der Waals surface area contributed by atoms with Crippen molar-refractivity contribution in [2.75, 3.05) is 26.1 Å². The summed E-state index contributed by atoms with van der Waals surface area (Å²) in [6, 6.07) is 6.14. The molecule has 1 saturated heterocycles. The minimum Gasteiger partial charge on any atom is -0.493 e. The summed E-state index contributed by atoms with van der Waals surface area (Å²) in [5.41, 5.74) is 6.94. The molecule has 1 aliphatic rings. The first-order valence-electron chi connectivity index (χ1n) is 6.41. The maximum atomic E-state index is 5.96. The zero-order chi connectivity index (χ0) is 12.8. The molecule has 0 spiro atoms. The van der Waals surface area contributed by atoms with Gasteiger partial charge in [-0.2, -0.15) is 0 Å². The summed E-state index contributed by atoms with van der Waals surface area (Å²) in [6.45, 7) is 3.03. The first-order chi connectivity index (χ1) is 8.85. The Kier molecular flexibility index (Phi) is 5.35. The number of hydrogen-bond donors (Lipinski definition) is 1. The third kappa shape index (κ3) is 3.40. The van der Waals surface area contributed by atoms with E-state index in [1.165, 1.54) is 4.90 Å². The summed E-state index contributed by atoms with van der Waals surface area (Å²) in [6.07, 6.45) is 4.26. The molecule has 0 unspecified atom stereocenters. The standard InChI is InChI=1S/C14H21NO2S/c1-18-14-4-2-3-13(12(14)9-15)17-10-11-5-7-16-8-6-11/h2-4,11H,5-10,15H2,1H3.